The lowest BCUT2D eigenvalue weighted by Gasteiger charge is -2.34. The molecule has 2 aromatic heterocycles. The summed E-state index contributed by atoms with van der Waals surface area (Å²) < 4.78 is 15.0. The van der Waals surface area contributed by atoms with Gasteiger partial charge in [0.25, 0.3) is 0 Å². The van der Waals surface area contributed by atoms with Crippen molar-refractivity contribution in [1.82, 2.24) is 15.0 Å². The van der Waals surface area contributed by atoms with Gasteiger partial charge in [0.05, 0.1) is 22.5 Å². The van der Waals surface area contributed by atoms with E-state index in [0.717, 1.165) is 34.1 Å². The molecule has 2 atom stereocenters. The molecule has 0 saturated heterocycles. The highest BCUT2D eigenvalue weighted by Crippen LogP contribution is 2.45. The molecular weight excluding hydrogens is 427 g/mol. The highest BCUT2D eigenvalue weighted by molar-refractivity contribution is 6.00. The van der Waals surface area contributed by atoms with Crippen molar-refractivity contribution in [2.24, 2.45) is 5.92 Å². The fraction of sp³-hybridized carbons (Fsp3) is 0.179. The van der Waals surface area contributed by atoms with Gasteiger partial charge < -0.3 is 0 Å². The van der Waals surface area contributed by atoms with Crippen LogP contribution in [0.1, 0.15) is 30.0 Å². The number of hydrogen-bond acceptors (Lipinski definition) is 5. The number of hydrogen-bond donors (Lipinski definition) is 0. The van der Waals surface area contributed by atoms with Crippen molar-refractivity contribution in [3.8, 4) is 28.7 Å². The Morgan fingerprint density at radius 3 is 2.68 bits per heavy atom. The number of aromatic nitrogens is 3. The molecule has 6 heteroatoms. The SMILES string of the molecule is N#CC1=CC2c3nc(-c4ccnc5ccccc45)nc(-c4ccccc4F)c3CCC2CC1=O. The lowest BCUT2D eigenvalue weighted by atomic mass is 9.70. The fourth-order valence-corrected chi connectivity index (χ4v) is 5.21. The third-order valence-corrected chi connectivity index (χ3v) is 6.86. The Morgan fingerprint density at radius 1 is 1.00 bits per heavy atom. The van der Waals surface area contributed by atoms with Crippen LogP contribution in [0.2, 0.25) is 0 Å². The number of halogens is 1. The summed E-state index contributed by atoms with van der Waals surface area (Å²) >= 11 is 0. The van der Waals surface area contributed by atoms with E-state index in [-0.39, 0.29) is 29.0 Å². The standard InChI is InChI=1S/C28H19FN4O/c29-23-7-3-1-6-20(23)26-21-10-9-16-14-25(34)17(15-30)13-22(16)27(21)33-28(32-26)19-11-12-31-24-8-4-2-5-18(19)24/h1-8,11-13,16,22H,9-10,14H2. The maximum absolute atomic E-state index is 15.0. The fourth-order valence-electron chi connectivity index (χ4n) is 5.21. The molecule has 34 heavy (non-hydrogen) atoms. The zero-order valence-corrected chi connectivity index (χ0v) is 18.2. The van der Waals surface area contributed by atoms with Crippen LogP contribution in [0.25, 0.3) is 33.5 Å². The van der Waals surface area contributed by atoms with Gasteiger partial charge in [-0.25, -0.2) is 14.4 Å². The minimum absolute atomic E-state index is 0.0718. The quantitative estimate of drug-likeness (QED) is 0.402. The number of ketones is 1. The van der Waals surface area contributed by atoms with Crippen LogP contribution in [0.15, 0.2) is 72.4 Å². The van der Waals surface area contributed by atoms with Crippen molar-refractivity contribution in [2.45, 2.75) is 25.2 Å². The first-order chi connectivity index (χ1) is 16.6. The van der Waals surface area contributed by atoms with E-state index in [9.17, 15) is 14.4 Å². The number of nitrogens with zero attached hydrogens (tertiary/aromatic N) is 4. The molecular formula is C28H19FN4O. The first-order valence-corrected chi connectivity index (χ1v) is 11.3. The molecule has 4 aromatic rings. The van der Waals surface area contributed by atoms with Gasteiger partial charge in [0.2, 0.25) is 0 Å². The second-order valence-electron chi connectivity index (χ2n) is 8.76. The van der Waals surface area contributed by atoms with Crippen molar-refractivity contribution in [2.75, 3.05) is 0 Å². The number of benzene rings is 2. The predicted octanol–water partition coefficient (Wildman–Crippen LogP) is 5.57. The maximum atomic E-state index is 15.0. The van der Waals surface area contributed by atoms with Crippen molar-refractivity contribution in [3.63, 3.8) is 0 Å². The smallest absolute Gasteiger partial charge is 0.173 e. The molecule has 0 spiro atoms. The van der Waals surface area contributed by atoms with E-state index in [4.69, 9.17) is 9.97 Å². The summed E-state index contributed by atoms with van der Waals surface area (Å²) in [4.78, 5) is 26.7. The summed E-state index contributed by atoms with van der Waals surface area (Å²) in [6.45, 7) is 0. The van der Waals surface area contributed by atoms with Gasteiger partial charge >= 0.3 is 0 Å². The monoisotopic (exact) mass is 446 g/mol. The van der Waals surface area contributed by atoms with Gasteiger partial charge in [-0.2, -0.15) is 5.26 Å². The van der Waals surface area contributed by atoms with E-state index in [1.54, 1.807) is 30.5 Å². The van der Waals surface area contributed by atoms with E-state index in [1.807, 2.05) is 36.4 Å². The summed E-state index contributed by atoms with van der Waals surface area (Å²) in [6.07, 6.45) is 5.22. The Hall–Kier alpha value is -4.24. The minimum Gasteiger partial charge on any atom is -0.293 e. The van der Waals surface area contributed by atoms with Crippen LogP contribution in [0.3, 0.4) is 0 Å². The summed E-state index contributed by atoms with van der Waals surface area (Å²) in [5.74, 6) is -0.0851. The Labute approximate surface area is 195 Å². The molecule has 0 bridgehead atoms. The van der Waals surface area contributed by atoms with Gasteiger partial charge in [-0.05, 0) is 43.0 Å². The lowest BCUT2D eigenvalue weighted by Crippen LogP contribution is -2.29. The van der Waals surface area contributed by atoms with E-state index in [2.05, 4.69) is 4.98 Å². The van der Waals surface area contributed by atoms with E-state index in [1.165, 1.54) is 6.07 Å². The summed E-state index contributed by atoms with van der Waals surface area (Å²) in [7, 11) is 0. The van der Waals surface area contributed by atoms with E-state index in [0.29, 0.717) is 29.9 Å². The number of rotatable bonds is 2. The zero-order valence-electron chi connectivity index (χ0n) is 18.2. The second-order valence-corrected chi connectivity index (χ2v) is 8.76. The number of pyridine rings is 1. The van der Waals surface area contributed by atoms with Crippen molar-refractivity contribution in [1.29, 1.82) is 5.26 Å². The normalized spacial score (nSPS) is 19.2. The largest absolute Gasteiger partial charge is 0.293 e. The van der Waals surface area contributed by atoms with Crippen molar-refractivity contribution in [3.05, 3.63) is 89.5 Å². The van der Waals surface area contributed by atoms with Crippen LogP contribution in [0.5, 0.6) is 0 Å². The first kappa shape index (κ1) is 20.4. The Kier molecular flexibility index (Phi) is 4.77. The molecule has 164 valence electrons. The van der Waals surface area contributed by atoms with Crippen LogP contribution in [-0.2, 0) is 11.2 Å². The number of fused-ring (bicyclic) bond motifs is 4. The zero-order chi connectivity index (χ0) is 23.2. The molecule has 2 aliphatic carbocycles. The molecule has 0 amide bonds. The van der Waals surface area contributed by atoms with Crippen molar-refractivity contribution >= 4 is 16.7 Å². The molecule has 0 N–H and O–H groups in total. The third-order valence-electron chi connectivity index (χ3n) is 6.86. The molecule has 0 aliphatic heterocycles. The van der Waals surface area contributed by atoms with Gasteiger partial charge in [0.1, 0.15) is 11.9 Å². The van der Waals surface area contributed by atoms with Crippen LogP contribution in [-0.4, -0.2) is 20.7 Å². The van der Waals surface area contributed by atoms with Gasteiger partial charge in [-0.3, -0.25) is 9.78 Å². The van der Waals surface area contributed by atoms with Crippen LogP contribution in [0.4, 0.5) is 4.39 Å². The molecule has 6 rings (SSSR count). The van der Waals surface area contributed by atoms with Crippen molar-refractivity contribution < 1.29 is 9.18 Å². The Morgan fingerprint density at radius 2 is 1.82 bits per heavy atom. The van der Waals surface area contributed by atoms with Gasteiger partial charge in [0, 0.05) is 40.6 Å². The van der Waals surface area contributed by atoms with Crippen LogP contribution in [0, 0.1) is 23.1 Å². The average molecular weight is 446 g/mol. The molecule has 5 nitrogen and oxygen atoms in total. The van der Waals surface area contributed by atoms with Crippen LogP contribution >= 0.6 is 0 Å². The molecule has 2 aliphatic rings. The first-order valence-electron chi connectivity index (χ1n) is 11.3. The highest BCUT2D eigenvalue weighted by atomic mass is 19.1. The molecule has 2 unspecified atom stereocenters. The number of carbonyl (C=O) groups is 1. The average Bonchev–Trinajstić information content (AvgIpc) is 2.87. The Balaban J connectivity index is 1.65. The molecule has 0 saturated carbocycles. The van der Waals surface area contributed by atoms with Crippen LogP contribution < -0.4 is 0 Å². The minimum atomic E-state index is -0.344. The highest BCUT2D eigenvalue weighted by Gasteiger charge is 2.38. The summed E-state index contributed by atoms with van der Waals surface area (Å²) in [6, 6.07) is 18.3. The molecule has 2 aromatic carbocycles. The lowest BCUT2D eigenvalue weighted by molar-refractivity contribution is -0.116. The second kappa shape index (κ2) is 7.96. The van der Waals surface area contributed by atoms with Gasteiger partial charge in [0.15, 0.2) is 11.6 Å². The number of Topliss-reactive ketones (excluding diaryl/α,β-unsaturated/α-hetero) is 1. The molecule has 0 radical (unpaired) electrons. The Bertz CT molecular complexity index is 1550. The molecule has 2 heterocycles. The van der Waals surface area contributed by atoms with Gasteiger partial charge in [-0.15, -0.1) is 0 Å². The van der Waals surface area contributed by atoms with Gasteiger partial charge in [-0.1, -0.05) is 36.4 Å². The number of allylic oxidation sites excluding steroid dienone is 2. The topological polar surface area (TPSA) is 79.5 Å². The summed E-state index contributed by atoms with van der Waals surface area (Å²) in [5, 5.41) is 10.4. The van der Waals surface area contributed by atoms with E-state index >= 15 is 0 Å². The van der Waals surface area contributed by atoms with E-state index < -0.39 is 0 Å². The maximum Gasteiger partial charge on any atom is 0.173 e. The number of nitriles is 1. The third kappa shape index (κ3) is 3.20. The molecule has 0 fully saturated rings. The summed E-state index contributed by atoms with van der Waals surface area (Å²) in [5.41, 5.74) is 4.47. The predicted molar refractivity (Wildman–Crippen MR) is 126 cm³/mol. The number of carbonyl (C=O) groups excluding carboxylic acids is 1. The number of para-hydroxylation sites is 1.